The van der Waals surface area contributed by atoms with E-state index in [1.165, 1.54) is 23.6 Å². The van der Waals surface area contributed by atoms with Crippen molar-refractivity contribution in [1.29, 1.82) is 0 Å². The van der Waals surface area contributed by atoms with Gasteiger partial charge in [0.15, 0.2) is 0 Å². The van der Waals surface area contributed by atoms with Crippen LogP contribution < -0.4 is 4.72 Å². The fourth-order valence-electron chi connectivity index (χ4n) is 2.68. The zero-order valence-corrected chi connectivity index (χ0v) is 15.7. The van der Waals surface area contributed by atoms with Crippen LogP contribution in [-0.2, 0) is 15.9 Å². The third-order valence-electron chi connectivity index (χ3n) is 3.83. The van der Waals surface area contributed by atoms with E-state index in [1.807, 2.05) is 17.5 Å². The van der Waals surface area contributed by atoms with E-state index in [4.69, 9.17) is 11.6 Å². The van der Waals surface area contributed by atoms with Gasteiger partial charge in [-0.1, -0.05) is 12.1 Å². The topological polar surface area (TPSA) is 87.7 Å². The van der Waals surface area contributed by atoms with E-state index in [-0.39, 0.29) is 10.8 Å². The van der Waals surface area contributed by atoms with Crippen LogP contribution in [0.25, 0.3) is 21.6 Å². The molecule has 0 atom stereocenters. The number of benzene rings is 1. The molecule has 26 heavy (non-hydrogen) atoms. The van der Waals surface area contributed by atoms with Crippen LogP contribution in [0, 0.1) is 0 Å². The summed E-state index contributed by atoms with van der Waals surface area (Å²) in [5.74, 6) is 0.0119. The lowest BCUT2D eigenvalue weighted by Crippen LogP contribution is -2.15. The maximum absolute atomic E-state index is 12.8. The number of aromatic amines is 1. The van der Waals surface area contributed by atoms with E-state index in [9.17, 15) is 8.42 Å². The Kier molecular flexibility index (Phi) is 4.39. The van der Waals surface area contributed by atoms with Gasteiger partial charge < -0.3 is 4.98 Å². The first-order valence-electron chi connectivity index (χ1n) is 7.63. The molecule has 1 aromatic carbocycles. The van der Waals surface area contributed by atoms with E-state index in [1.54, 1.807) is 24.4 Å². The van der Waals surface area contributed by atoms with Gasteiger partial charge in [-0.25, -0.2) is 13.4 Å². The normalized spacial score (nSPS) is 11.7. The molecule has 0 fully saturated rings. The number of fused-ring (bicyclic) bond motifs is 1. The Hall–Kier alpha value is -2.42. The molecule has 3 heterocycles. The first kappa shape index (κ1) is 17.0. The lowest BCUT2D eigenvalue weighted by Gasteiger charge is -2.11. The predicted octanol–water partition coefficient (Wildman–Crippen LogP) is 4.23. The highest BCUT2D eigenvalue weighted by Gasteiger charge is 2.20. The number of sulfonamides is 1. The maximum Gasteiger partial charge on any atom is 0.263 e. The molecule has 0 saturated carbocycles. The summed E-state index contributed by atoms with van der Waals surface area (Å²) < 4.78 is 28.3. The van der Waals surface area contributed by atoms with Crippen LogP contribution in [0.5, 0.6) is 0 Å². The summed E-state index contributed by atoms with van der Waals surface area (Å²) in [6.45, 7) is 0. The first-order valence-corrected chi connectivity index (χ1v) is 10.5. The van der Waals surface area contributed by atoms with Crippen molar-refractivity contribution in [2.45, 2.75) is 10.8 Å². The van der Waals surface area contributed by atoms with E-state index < -0.39 is 10.0 Å². The number of thiazole rings is 1. The number of nitrogens with one attached hydrogen (secondary N) is 2. The Morgan fingerprint density at radius 3 is 2.81 bits per heavy atom. The van der Waals surface area contributed by atoms with Gasteiger partial charge in [-0.2, -0.15) is 0 Å². The van der Waals surface area contributed by atoms with Gasteiger partial charge in [-0.15, -0.1) is 22.9 Å². The van der Waals surface area contributed by atoms with Gasteiger partial charge in [0.05, 0.1) is 28.5 Å². The van der Waals surface area contributed by atoms with Crippen molar-refractivity contribution in [3.8, 4) is 10.7 Å². The lowest BCUT2D eigenvalue weighted by atomic mass is 10.2. The van der Waals surface area contributed by atoms with Crippen molar-refractivity contribution in [2.75, 3.05) is 4.72 Å². The number of aromatic nitrogens is 3. The molecule has 9 heteroatoms. The zero-order chi connectivity index (χ0) is 18.1. The molecule has 0 unspecified atom stereocenters. The minimum Gasteiger partial charge on any atom is -0.351 e. The lowest BCUT2D eigenvalue weighted by molar-refractivity contribution is 0.600. The highest BCUT2D eigenvalue weighted by molar-refractivity contribution is 7.92. The zero-order valence-electron chi connectivity index (χ0n) is 13.3. The Labute approximate surface area is 158 Å². The minimum atomic E-state index is -3.82. The quantitative estimate of drug-likeness (QED) is 0.487. The Morgan fingerprint density at radius 2 is 2.04 bits per heavy atom. The number of halogens is 1. The standard InChI is InChI=1S/C17H13ClN4O2S2/c18-10-14-15(5-2-6-19-14)26(23,24)22-12-4-1-3-11-9-13(21-16(11)12)17-20-7-8-25-17/h1-9,21-22H,10H2. The summed E-state index contributed by atoms with van der Waals surface area (Å²) in [5.41, 5.74) is 2.29. The predicted molar refractivity (Wildman–Crippen MR) is 104 cm³/mol. The molecule has 4 rings (SSSR count). The highest BCUT2D eigenvalue weighted by atomic mass is 35.5. The van der Waals surface area contributed by atoms with Crippen molar-refractivity contribution in [2.24, 2.45) is 0 Å². The number of hydrogen-bond donors (Lipinski definition) is 2. The second-order valence-corrected chi connectivity index (χ2v) is 8.29. The van der Waals surface area contributed by atoms with E-state index in [2.05, 4.69) is 19.7 Å². The Morgan fingerprint density at radius 1 is 1.15 bits per heavy atom. The number of rotatable bonds is 5. The number of para-hydroxylation sites is 1. The monoisotopic (exact) mass is 404 g/mol. The van der Waals surface area contributed by atoms with E-state index >= 15 is 0 Å². The molecule has 0 radical (unpaired) electrons. The van der Waals surface area contributed by atoms with Crippen LogP contribution in [0.15, 0.2) is 59.1 Å². The van der Waals surface area contributed by atoms with E-state index in [0.29, 0.717) is 16.9 Å². The van der Waals surface area contributed by atoms with Crippen molar-refractivity contribution in [1.82, 2.24) is 15.0 Å². The van der Waals surface area contributed by atoms with Gasteiger partial charge >= 0.3 is 0 Å². The Balaban J connectivity index is 1.77. The van der Waals surface area contributed by atoms with Gasteiger partial charge in [-0.05, 0) is 24.3 Å². The smallest absolute Gasteiger partial charge is 0.263 e. The maximum atomic E-state index is 12.8. The second-order valence-electron chi connectivity index (χ2n) is 5.48. The number of H-pyrrole nitrogens is 1. The SMILES string of the molecule is O=S(=O)(Nc1cccc2cc(-c3nccs3)[nH]c12)c1cccnc1CCl. The molecular weight excluding hydrogens is 392 g/mol. The third-order valence-corrected chi connectivity index (χ3v) is 6.33. The van der Waals surface area contributed by atoms with Crippen molar-refractivity contribution in [3.05, 3.63) is 59.9 Å². The van der Waals surface area contributed by atoms with E-state index in [0.717, 1.165) is 16.1 Å². The molecule has 0 aliphatic carbocycles. The van der Waals surface area contributed by atoms with Crippen molar-refractivity contribution >= 4 is 49.6 Å². The molecule has 0 aliphatic rings. The van der Waals surface area contributed by atoms with Crippen LogP contribution >= 0.6 is 22.9 Å². The van der Waals surface area contributed by atoms with Crippen LogP contribution in [-0.4, -0.2) is 23.4 Å². The fraction of sp³-hybridized carbons (Fsp3) is 0.0588. The largest absolute Gasteiger partial charge is 0.351 e. The summed E-state index contributed by atoms with van der Waals surface area (Å²) in [5, 5.41) is 3.62. The molecule has 3 aromatic heterocycles. The summed E-state index contributed by atoms with van der Waals surface area (Å²) in [6, 6.07) is 10.4. The van der Waals surface area contributed by atoms with Gasteiger partial charge in [0.1, 0.15) is 9.90 Å². The summed E-state index contributed by atoms with van der Waals surface area (Å²) >= 11 is 7.34. The minimum absolute atomic E-state index is 0.0119. The van der Waals surface area contributed by atoms with Gasteiger partial charge in [0.2, 0.25) is 0 Å². The molecule has 0 spiro atoms. The van der Waals surface area contributed by atoms with Crippen LogP contribution in [0.1, 0.15) is 5.69 Å². The van der Waals surface area contributed by atoms with Crippen LogP contribution in [0.3, 0.4) is 0 Å². The van der Waals surface area contributed by atoms with Gasteiger partial charge in [0.25, 0.3) is 10.0 Å². The first-order chi connectivity index (χ1) is 12.6. The van der Waals surface area contributed by atoms with Crippen molar-refractivity contribution < 1.29 is 8.42 Å². The number of hydrogen-bond acceptors (Lipinski definition) is 5. The molecular formula is C17H13ClN4O2S2. The molecule has 2 N–H and O–H groups in total. The number of alkyl halides is 1. The van der Waals surface area contributed by atoms with Crippen molar-refractivity contribution in [3.63, 3.8) is 0 Å². The van der Waals surface area contributed by atoms with Gasteiger partial charge in [0, 0.05) is 23.2 Å². The average molecular weight is 405 g/mol. The van der Waals surface area contributed by atoms with Crippen LogP contribution in [0.2, 0.25) is 0 Å². The molecule has 0 saturated heterocycles. The number of anilines is 1. The molecule has 6 nitrogen and oxygen atoms in total. The summed E-state index contributed by atoms with van der Waals surface area (Å²) in [4.78, 5) is 11.6. The number of nitrogens with zero attached hydrogens (tertiary/aromatic N) is 2. The highest BCUT2D eigenvalue weighted by Crippen LogP contribution is 2.31. The molecule has 0 amide bonds. The summed E-state index contributed by atoms with van der Waals surface area (Å²) in [6.07, 6.45) is 3.24. The average Bonchev–Trinajstić information content (AvgIpc) is 3.31. The number of pyridine rings is 1. The second kappa shape index (κ2) is 6.71. The molecule has 0 bridgehead atoms. The molecule has 132 valence electrons. The Bertz CT molecular complexity index is 1170. The van der Waals surface area contributed by atoms with Crippen LogP contribution in [0.4, 0.5) is 5.69 Å². The molecule has 0 aliphatic heterocycles. The van der Waals surface area contributed by atoms with Gasteiger partial charge in [-0.3, -0.25) is 9.71 Å². The summed E-state index contributed by atoms with van der Waals surface area (Å²) in [7, 11) is -3.82. The fourth-order valence-corrected chi connectivity index (χ4v) is 4.84. The molecule has 4 aromatic rings. The third kappa shape index (κ3) is 3.07.